The van der Waals surface area contributed by atoms with Crippen LogP contribution in [0.4, 0.5) is 0 Å². The molecule has 0 saturated heterocycles. The molecule has 0 bridgehead atoms. The Kier molecular flexibility index (Phi) is 6.75. The van der Waals surface area contributed by atoms with E-state index in [1.165, 1.54) is 0 Å². The molecular formula is C8H15NO4. The molecule has 0 spiro atoms. The van der Waals surface area contributed by atoms with E-state index in [9.17, 15) is 0 Å². The normalized spacial score (nSPS) is 9.46. The molecule has 0 saturated carbocycles. The average Bonchev–Trinajstić information content (AvgIpc) is 1.85. The number of carbonyl (C=O) groups excluding carboxylic acids is 1. The van der Waals surface area contributed by atoms with Crippen LogP contribution in [0, 0.1) is 0 Å². The van der Waals surface area contributed by atoms with E-state index in [2.05, 4.69) is 27.7 Å². The van der Waals surface area contributed by atoms with Gasteiger partial charge in [0.2, 0.25) is 0 Å². The summed E-state index contributed by atoms with van der Waals surface area (Å²) in [4.78, 5) is 18.0. The van der Waals surface area contributed by atoms with Crippen molar-refractivity contribution < 1.29 is 24.3 Å². The third kappa shape index (κ3) is 18.0. The van der Waals surface area contributed by atoms with Gasteiger partial charge in [-0.3, -0.25) is 0 Å². The fourth-order valence-corrected chi connectivity index (χ4v) is 0.387. The van der Waals surface area contributed by atoms with Crippen molar-refractivity contribution in [3.63, 3.8) is 0 Å². The Morgan fingerprint density at radius 1 is 1.46 bits per heavy atom. The van der Waals surface area contributed by atoms with Gasteiger partial charge in [-0.15, -0.1) is 0 Å². The number of hydrogen-bond donors (Lipinski definition) is 1. The summed E-state index contributed by atoms with van der Waals surface area (Å²) >= 11 is 0. The van der Waals surface area contributed by atoms with E-state index in [1.807, 2.05) is 6.08 Å². The molecule has 0 unspecified atom stereocenters. The number of carbonyl (C=O) groups is 2. The summed E-state index contributed by atoms with van der Waals surface area (Å²) in [5.41, 5.74) is 0. The lowest BCUT2D eigenvalue weighted by molar-refractivity contribution is -0.864. The van der Waals surface area contributed by atoms with Gasteiger partial charge >= 0.3 is 5.97 Å². The van der Waals surface area contributed by atoms with Gasteiger partial charge in [-0.05, 0) is 6.08 Å². The van der Waals surface area contributed by atoms with Gasteiger partial charge in [-0.25, -0.2) is 4.79 Å². The maximum Gasteiger partial charge on any atom is 0.351 e. The Hall–Kier alpha value is -1.36. The second-order valence-electron chi connectivity index (χ2n) is 3.35. The van der Waals surface area contributed by atoms with Crippen LogP contribution >= 0.6 is 0 Å². The number of likely N-dealkylation sites (N-methyl/N-ethyl adjacent to an activating group) is 1. The second kappa shape index (κ2) is 6.19. The highest BCUT2D eigenvalue weighted by atomic mass is 16.4. The minimum atomic E-state index is -2.07. The van der Waals surface area contributed by atoms with Crippen molar-refractivity contribution in [2.75, 3.05) is 27.7 Å². The van der Waals surface area contributed by atoms with Crippen LogP contribution in [0.25, 0.3) is 0 Å². The number of rotatable bonds is 2. The molecule has 0 aromatic heterocycles. The number of quaternary nitrogens is 1. The highest BCUT2D eigenvalue weighted by Crippen LogP contribution is 1.86. The number of carboxylic acid groups (broad SMARTS) is 2. The third-order valence-electron chi connectivity index (χ3n) is 0.851. The van der Waals surface area contributed by atoms with E-state index in [1.54, 1.807) is 0 Å². The average molecular weight is 189 g/mol. The Balaban J connectivity index is 0. The molecule has 0 aliphatic heterocycles. The fourth-order valence-electron chi connectivity index (χ4n) is 0.387. The van der Waals surface area contributed by atoms with Crippen LogP contribution in [0.15, 0.2) is 12.7 Å². The summed E-state index contributed by atoms with van der Waals surface area (Å²) < 4.78 is 0.976. The van der Waals surface area contributed by atoms with E-state index in [4.69, 9.17) is 19.8 Å². The summed E-state index contributed by atoms with van der Waals surface area (Å²) in [6.07, 6.45) is 1.93. The van der Waals surface area contributed by atoms with Crippen molar-refractivity contribution in [1.29, 1.82) is 0 Å². The van der Waals surface area contributed by atoms with Gasteiger partial charge in [0, 0.05) is 0 Å². The minimum Gasteiger partial charge on any atom is -0.539 e. The number of carboxylic acids is 2. The van der Waals surface area contributed by atoms with Crippen LogP contribution in [-0.2, 0) is 9.59 Å². The lowest BCUT2D eigenvalue weighted by atomic mass is 10.5. The summed E-state index contributed by atoms with van der Waals surface area (Å²) in [6, 6.07) is 0. The predicted molar refractivity (Wildman–Crippen MR) is 45.7 cm³/mol. The lowest BCUT2D eigenvalue weighted by Crippen LogP contribution is -2.33. The number of hydrogen-bond acceptors (Lipinski definition) is 3. The van der Waals surface area contributed by atoms with Crippen LogP contribution in [0.3, 0.4) is 0 Å². The Morgan fingerprint density at radius 3 is 1.77 bits per heavy atom. The summed E-state index contributed by atoms with van der Waals surface area (Å²) in [5.74, 6) is -4.01. The van der Waals surface area contributed by atoms with Crippen LogP contribution < -0.4 is 5.11 Å². The van der Waals surface area contributed by atoms with Gasteiger partial charge in [0.25, 0.3) is 0 Å². The molecule has 0 aliphatic carbocycles. The van der Waals surface area contributed by atoms with Crippen LogP contribution in [0.5, 0.6) is 0 Å². The summed E-state index contributed by atoms with van der Waals surface area (Å²) in [7, 11) is 6.42. The molecule has 0 aliphatic rings. The number of nitrogens with zero attached hydrogens (tertiary/aromatic N) is 1. The largest absolute Gasteiger partial charge is 0.539 e. The minimum absolute atomic E-state index is 0.976. The number of aliphatic carboxylic acids is 2. The first-order valence-electron chi connectivity index (χ1n) is 3.56. The van der Waals surface area contributed by atoms with E-state index < -0.39 is 11.9 Å². The highest BCUT2D eigenvalue weighted by molar-refractivity contribution is 6.26. The molecule has 0 rings (SSSR count). The SMILES string of the molecule is C=CC[N+](C)(C)C.O=C([O-])C(=O)O. The van der Waals surface area contributed by atoms with Crippen LogP contribution in [0.2, 0.25) is 0 Å². The molecular weight excluding hydrogens is 174 g/mol. The van der Waals surface area contributed by atoms with Crippen molar-refractivity contribution in [3.8, 4) is 0 Å². The summed E-state index contributed by atoms with van der Waals surface area (Å²) in [5, 5.41) is 16.3. The molecule has 13 heavy (non-hydrogen) atoms. The highest BCUT2D eigenvalue weighted by Gasteiger charge is 1.99. The standard InChI is InChI=1S/C6H14N.C2H2O4/c1-5-6-7(2,3)4;3-1(4)2(5)6/h5H,1,6H2,2-4H3;(H,3,4)(H,5,6)/q+1;/p-1. The van der Waals surface area contributed by atoms with Gasteiger partial charge < -0.3 is 19.5 Å². The first-order chi connectivity index (χ1) is 5.70. The lowest BCUT2D eigenvalue weighted by Gasteiger charge is -2.21. The Morgan fingerprint density at radius 2 is 1.77 bits per heavy atom. The smallest absolute Gasteiger partial charge is 0.351 e. The Labute approximate surface area is 77.5 Å². The first kappa shape index (κ1) is 14.2. The van der Waals surface area contributed by atoms with Crippen molar-refractivity contribution in [3.05, 3.63) is 12.7 Å². The van der Waals surface area contributed by atoms with E-state index in [0.29, 0.717) is 0 Å². The molecule has 0 aromatic rings. The van der Waals surface area contributed by atoms with Crippen LogP contribution in [0.1, 0.15) is 0 Å². The molecule has 76 valence electrons. The van der Waals surface area contributed by atoms with E-state index in [0.717, 1.165) is 11.0 Å². The van der Waals surface area contributed by atoms with E-state index in [-0.39, 0.29) is 0 Å². The topological polar surface area (TPSA) is 77.4 Å². The quantitative estimate of drug-likeness (QED) is 0.333. The zero-order valence-electron chi connectivity index (χ0n) is 8.11. The van der Waals surface area contributed by atoms with E-state index >= 15 is 0 Å². The zero-order chi connectivity index (χ0) is 11.1. The van der Waals surface area contributed by atoms with Crippen molar-refractivity contribution in [2.24, 2.45) is 0 Å². The molecule has 0 heterocycles. The van der Waals surface area contributed by atoms with Gasteiger partial charge in [0.1, 0.15) is 0 Å². The first-order valence-corrected chi connectivity index (χ1v) is 3.56. The van der Waals surface area contributed by atoms with Crippen LogP contribution in [-0.4, -0.2) is 49.2 Å². The molecule has 0 atom stereocenters. The molecule has 0 amide bonds. The monoisotopic (exact) mass is 189 g/mol. The molecule has 1 N–H and O–H groups in total. The van der Waals surface area contributed by atoms with Crippen molar-refractivity contribution >= 4 is 11.9 Å². The fraction of sp³-hybridized carbons (Fsp3) is 0.500. The van der Waals surface area contributed by atoms with Crippen molar-refractivity contribution in [2.45, 2.75) is 0 Å². The second-order valence-corrected chi connectivity index (χ2v) is 3.35. The third-order valence-corrected chi connectivity index (χ3v) is 0.851. The van der Waals surface area contributed by atoms with Gasteiger partial charge in [-0.2, -0.15) is 0 Å². The van der Waals surface area contributed by atoms with Gasteiger partial charge in [0.05, 0.1) is 27.7 Å². The molecule has 5 nitrogen and oxygen atoms in total. The van der Waals surface area contributed by atoms with Gasteiger partial charge in [-0.1, -0.05) is 6.58 Å². The maximum absolute atomic E-state index is 9.04. The molecule has 0 radical (unpaired) electrons. The maximum atomic E-state index is 9.04. The van der Waals surface area contributed by atoms with Gasteiger partial charge in [0.15, 0.2) is 5.97 Å². The zero-order valence-corrected chi connectivity index (χ0v) is 8.11. The molecule has 0 fully saturated rings. The van der Waals surface area contributed by atoms with Crippen molar-refractivity contribution in [1.82, 2.24) is 0 Å². The Bertz CT molecular complexity index is 181. The predicted octanol–water partition coefficient (Wildman–Crippen LogP) is -1.30. The molecule has 0 aromatic carbocycles. The summed E-state index contributed by atoms with van der Waals surface area (Å²) in [6.45, 7) is 4.67. The molecule has 5 heteroatoms.